The predicted octanol–water partition coefficient (Wildman–Crippen LogP) is 1.87. The van der Waals surface area contributed by atoms with Crippen LogP contribution >= 0.6 is 0 Å². The third-order valence-electron chi connectivity index (χ3n) is 3.06. The number of aliphatic hydroxyl groups excluding tert-OH is 1. The summed E-state index contributed by atoms with van der Waals surface area (Å²) in [7, 11) is 0. The van der Waals surface area contributed by atoms with Gasteiger partial charge >= 0.3 is 0 Å². The molecule has 3 aromatic rings. The summed E-state index contributed by atoms with van der Waals surface area (Å²) >= 11 is 0. The highest BCUT2D eigenvalue weighted by Gasteiger charge is 2.15. The molecule has 0 bridgehead atoms. The van der Waals surface area contributed by atoms with Gasteiger partial charge in [-0.1, -0.05) is 30.3 Å². The number of nitrogens with zero attached hydrogens (tertiary/aromatic N) is 4. The Balaban J connectivity index is 1.91. The Bertz CT molecular complexity index is 792. The second-order valence-electron chi connectivity index (χ2n) is 4.42. The smallest absolute Gasteiger partial charge is 0.198 e. The molecule has 0 aliphatic rings. The highest BCUT2D eigenvalue weighted by atomic mass is 16.5. The lowest BCUT2D eigenvalue weighted by Crippen LogP contribution is -2.06. The largest absolute Gasteiger partial charge is 0.485 e. The van der Waals surface area contributed by atoms with E-state index >= 15 is 0 Å². The molecule has 0 aliphatic heterocycles. The number of ether oxygens (including phenoxy) is 1. The van der Waals surface area contributed by atoms with Gasteiger partial charge in [0.05, 0.1) is 5.69 Å². The number of pyridine rings is 1. The van der Waals surface area contributed by atoms with Crippen molar-refractivity contribution in [2.45, 2.75) is 12.7 Å². The zero-order valence-electron chi connectivity index (χ0n) is 11.0. The molecular weight excluding hydrogens is 268 g/mol. The Kier molecular flexibility index (Phi) is 3.50. The van der Waals surface area contributed by atoms with Crippen molar-refractivity contribution in [2.75, 3.05) is 0 Å². The van der Waals surface area contributed by atoms with E-state index in [0.29, 0.717) is 23.7 Å². The molecule has 0 aliphatic carbocycles. The van der Waals surface area contributed by atoms with Gasteiger partial charge in [-0.15, -0.1) is 0 Å². The van der Waals surface area contributed by atoms with E-state index in [0.717, 1.165) is 5.56 Å². The molecule has 0 radical (unpaired) electrons. The van der Waals surface area contributed by atoms with Crippen LogP contribution in [-0.2, 0) is 6.61 Å². The zero-order valence-corrected chi connectivity index (χ0v) is 11.0. The third kappa shape index (κ3) is 2.55. The van der Waals surface area contributed by atoms with Crippen LogP contribution in [0.25, 0.3) is 5.65 Å². The van der Waals surface area contributed by atoms with Crippen LogP contribution in [0.5, 0.6) is 5.75 Å². The zero-order chi connectivity index (χ0) is 14.7. The van der Waals surface area contributed by atoms with Crippen LogP contribution in [0.15, 0.2) is 48.8 Å². The average Bonchev–Trinajstić information content (AvgIpc) is 3.02. The molecule has 2 heterocycles. The Labute approximate surface area is 120 Å². The lowest BCUT2D eigenvalue weighted by atomic mass is 10.2. The number of fused-ring (bicyclic) bond motifs is 1. The summed E-state index contributed by atoms with van der Waals surface area (Å²) in [6, 6.07) is 14.8. The maximum atomic E-state index is 9.65. The van der Waals surface area contributed by atoms with E-state index in [1.807, 2.05) is 30.3 Å². The topological polar surface area (TPSA) is 83.4 Å². The summed E-state index contributed by atoms with van der Waals surface area (Å²) in [5, 5.41) is 22.5. The van der Waals surface area contributed by atoms with E-state index < -0.39 is 6.10 Å². The van der Waals surface area contributed by atoms with Crippen molar-refractivity contribution >= 4 is 5.65 Å². The standard InChI is InChI=1S/C15H12N4O2/c16-8-13(20)12-6-7-14(15-17-10-18-19(12)15)21-9-11-4-2-1-3-5-11/h1-7,10,13,20H,9H2. The first kappa shape index (κ1) is 13.1. The summed E-state index contributed by atoms with van der Waals surface area (Å²) in [5.41, 5.74) is 1.87. The van der Waals surface area contributed by atoms with Crippen molar-refractivity contribution in [2.24, 2.45) is 0 Å². The Hall–Kier alpha value is -2.91. The van der Waals surface area contributed by atoms with Gasteiger partial charge in [0.25, 0.3) is 0 Å². The van der Waals surface area contributed by atoms with Gasteiger partial charge < -0.3 is 9.84 Å². The van der Waals surface area contributed by atoms with E-state index in [4.69, 9.17) is 10.00 Å². The number of benzene rings is 1. The van der Waals surface area contributed by atoms with E-state index in [2.05, 4.69) is 10.1 Å². The summed E-state index contributed by atoms with van der Waals surface area (Å²) < 4.78 is 7.16. The lowest BCUT2D eigenvalue weighted by molar-refractivity contribution is 0.227. The highest BCUT2D eigenvalue weighted by Crippen LogP contribution is 2.23. The molecule has 3 rings (SSSR count). The van der Waals surface area contributed by atoms with Crippen LogP contribution in [0.3, 0.4) is 0 Å². The van der Waals surface area contributed by atoms with E-state index in [-0.39, 0.29) is 0 Å². The number of hydrogen-bond acceptors (Lipinski definition) is 5. The van der Waals surface area contributed by atoms with E-state index in [1.54, 1.807) is 18.2 Å². The molecule has 0 amide bonds. The van der Waals surface area contributed by atoms with Gasteiger partial charge in [-0.2, -0.15) is 10.4 Å². The van der Waals surface area contributed by atoms with Crippen molar-refractivity contribution < 1.29 is 9.84 Å². The minimum atomic E-state index is -1.25. The maximum absolute atomic E-state index is 9.65. The molecule has 1 aromatic carbocycles. The number of hydrogen-bond donors (Lipinski definition) is 1. The van der Waals surface area contributed by atoms with E-state index in [9.17, 15) is 5.11 Å². The third-order valence-corrected chi connectivity index (χ3v) is 3.06. The van der Waals surface area contributed by atoms with Crippen LogP contribution in [0.4, 0.5) is 0 Å². The molecule has 0 fully saturated rings. The number of nitriles is 1. The van der Waals surface area contributed by atoms with Gasteiger partial charge in [-0.3, -0.25) is 0 Å². The SMILES string of the molecule is N#CC(O)c1ccc(OCc2ccccc2)c2ncnn12. The highest BCUT2D eigenvalue weighted by molar-refractivity contribution is 5.54. The number of rotatable bonds is 4. The molecule has 0 saturated heterocycles. The summed E-state index contributed by atoms with van der Waals surface area (Å²) in [4.78, 5) is 4.11. The van der Waals surface area contributed by atoms with E-state index in [1.165, 1.54) is 10.8 Å². The quantitative estimate of drug-likeness (QED) is 0.737. The number of aromatic nitrogens is 3. The molecule has 0 spiro atoms. The monoisotopic (exact) mass is 280 g/mol. The second kappa shape index (κ2) is 5.61. The fourth-order valence-corrected chi connectivity index (χ4v) is 2.03. The molecule has 6 heteroatoms. The molecule has 1 unspecified atom stereocenters. The van der Waals surface area contributed by atoms with Crippen molar-refractivity contribution in [3.63, 3.8) is 0 Å². The summed E-state index contributed by atoms with van der Waals surface area (Å²) in [5.74, 6) is 0.547. The van der Waals surface area contributed by atoms with Gasteiger partial charge in [-0.05, 0) is 17.7 Å². The van der Waals surface area contributed by atoms with Gasteiger partial charge in [0, 0.05) is 0 Å². The van der Waals surface area contributed by atoms with Gasteiger partial charge in [-0.25, -0.2) is 9.50 Å². The van der Waals surface area contributed by atoms with Crippen molar-refractivity contribution in [1.29, 1.82) is 5.26 Å². The predicted molar refractivity (Wildman–Crippen MR) is 74.3 cm³/mol. The van der Waals surface area contributed by atoms with Crippen LogP contribution in [0, 0.1) is 11.3 Å². The van der Waals surface area contributed by atoms with Crippen LogP contribution in [-0.4, -0.2) is 19.7 Å². The molecule has 2 aromatic heterocycles. The van der Waals surface area contributed by atoms with Crippen LogP contribution < -0.4 is 4.74 Å². The molecule has 104 valence electrons. The second-order valence-corrected chi connectivity index (χ2v) is 4.42. The lowest BCUT2D eigenvalue weighted by Gasteiger charge is -2.10. The summed E-state index contributed by atoms with van der Waals surface area (Å²) in [6.45, 7) is 0.406. The van der Waals surface area contributed by atoms with Crippen LogP contribution in [0.2, 0.25) is 0 Å². The molecule has 1 N–H and O–H groups in total. The first-order valence-electron chi connectivity index (χ1n) is 6.36. The van der Waals surface area contributed by atoms with Crippen molar-refractivity contribution in [3.8, 4) is 11.8 Å². The van der Waals surface area contributed by atoms with Crippen molar-refractivity contribution in [1.82, 2.24) is 14.6 Å². The average molecular weight is 280 g/mol. The Morgan fingerprint density at radius 3 is 2.81 bits per heavy atom. The minimum Gasteiger partial charge on any atom is -0.485 e. The maximum Gasteiger partial charge on any atom is 0.198 e. The normalized spacial score (nSPS) is 12.0. The van der Waals surface area contributed by atoms with Gasteiger partial charge in [0.2, 0.25) is 0 Å². The molecule has 21 heavy (non-hydrogen) atoms. The number of aliphatic hydroxyl groups is 1. The molecular formula is C15H12N4O2. The van der Waals surface area contributed by atoms with Crippen molar-refractivity contribution in [3.05, 3.63) is 60.0 Å². The Morgan fingerprint density at radius 1 is 1.24 bits per heavy atom. The molecule has 1 atom stereocenters. The van der Waals surface area contributed by atoms with Gasteiger partial charge in [0.1, 0.15) is 19.0 Å². The van der Waals surface area contributed by atoms with Crippen LogP contribution in [0.1, 0.15) is 17.4 Å². The fourth-order valence-electron chi connectivity index (χ4n) is 2.03. The summed E-state index contributed by atoms with van der Waals surface area (Å²) in [6.07, 6.45) is 0.107. The Morgan fingerprint density at radius 2 is 2.05 bits per heavy atom. The minimum absolute atomic E-state index is 0.358. The first-order chi connectivity index (χ1) is 10.3. The molecule has 0 saturated carbocycles. The molecule has 6 nitrogen and oxygen atoms in total. The fraction of sp³-hybridized carbons (Fsp3) is 0.133. The van der Waals surface area contributed by atoms with Gasteiger partial charge in [0.15, 0.2) is 17.5 Å². The first-order valence-corrected chi connectivity index (χ1v) is 6.36.